The molecular formula is C12H23NO4. The van der Waals surface area contributed by atoms with E-state index in [1.54, 1.807) is 12.0 Å². The molecule has 0 radical (unpaired) electrons. The summed E-state index contributed by atoms with van der Waals surface area (Å²) < 4.78 is 10.7. The van der Waals surface area contributed by atoms with Gasteiger partial charge in [0.15, 0.2) is 0 Å². The van der Waals surface area contributed by atoms with Crippen molar-refractivity contribution in [3.8, 4) is 0 Å². The van der Waals surface area contributed by atoms with E-state index in [1.807, 2.05) is 20.8 Å². The molecule has 2 atom stereocenters. The number of aliphatic hydroxyl groups is 1. The first-order valence-electron chi connectivity index (χ1n) is 6.02. The Morgan fingerprint density at radius 3 is 2.59 bits per heavy atom. The zero-order valence-electron chi connectivity index (χ0n) is 11.1. The summed E-state index contributed by atoms with van der Waals surface area (Å²) in [4.78, 5) is 13.6. The number of hydrogen-bond donors (Lipinski definition) is 1. The van der Waals surface area contributed by atoms with Crippen molar-refractivity contribution in [2.75, 3.05) is 20.3 Å². The van der Waals surface area contributed by atoms with Crippen LogP contribution in [0.4, 0.5) is 4.79 Å². The molecule has 17 heavy (non-hydrogen) atoms. The summed E-state index contributed by atoms with van der Waals surface area (Å²) in [6.45, 7) is 6.20. The van der Waals surface area contributed by atoms with Gasteiger partial charge in [-0.3, -0.25) is 0 Å². The van der Waals surface area contributed by atoms with Gasteiger partial charge < -0.3 is 19.5 Å². The second kappa shape index (κ2) is 5.69. The van der Waals surface area contributed by atoms with Gasteiger partial charge in [-0.25, -0.2) is 4.79 Å². The summed E-state index contributed by atoms with van der Waals surface area (Å²) in [6.07, 6.45) is 0.989. The molecule has 5 heteroatoms. The predicted octanol–water partition coefficient (Wildman–Crippen LogP) is 1.39. The first-order valence-corrected chi connectivity index (χ1v) is 6.02. The molecule has 0 aromatic rings. The number of nitrogens with zero attached hydrogens (tertiary/aromatic N) is 1. The smallest absolute Gasteiger partial charge is 0.410 e. The first-order chi connectivity index (χ1) is 7.89. The lowest BCUT2D eigenvalue weighted by Gasteiger charge is -2.29. The number of ether oxygens (including phenoxy) is 2. The maximum absolute atomic E-state index is 12.0. The third-order valence-corrected chi connectivity index (χ3v) is 2.84. The van der Waals surface area contributed by atoms with Crippen LogP contribution in [0.15, 0.2) is 0 Å². The van der Waals surface area contributed by atoms with Crippen LogP contribution in [-0.4, -0.2) is 54.1 Å². The van der Waals surface area contributed by atoms with E-state index >= 15 is 0 Å². The molecule has 0 bridgehead atoms. The van der Waals surface area contributed by atoms with Crippen LogP contribution in [0, 0.1) is 0 Å². The van der Waals surface area contributed by atoms with Gasteiger partial charge in [0.2, 0.25) is 0 Å². The lowest BCUT2D eigenvalue weighted by molar-refractivity contribution is 0.00657. The zero-order chi connectivity index (χ0) is 13.1. The molecule has 0 spiro atoms. The molecule has 1 aliphatic rings. The summed E-state index contributed by atoms with van der Waals surface area (Å²) in [5.41, 5.74) is -0.494. The minimum Gasteiger partial charge on any atom is -0.444 e. The molecule has 0 aromatic heterocycles. The third-order valence-electron chi connectivity index (χ3n) is 2.84. The molecule has 100 valence electrons. The van der Waals surface area contributed by atoms with E-state index < -0.39 is 5.60 Å². The summed E-state index contributed by atoms with van der Waals surface area (Å²) in [7, 11) is 1.63. The topological polar surface area (TPSA) is 59.0 Å². The van der Waals surface area contributed by atoms with E-state index in [0.717, 1.165) is 6.42 Å². The second-order valence-electron chi connectivity index (χ2n) is 5.32. The molecule has 0 unspecified atom stereocenters. The predicted molar refractivity (Wildman–Crippen MR) is 63.8 cm³/mol. The monoisotopic (exact) mass is 245 g/mol. The van der Waals surface area contributed by atoms with E-state index in [2.05, 4.69) is 0 Å². The Morgan fingerprint density at radius 2 is 2.12 bits per heavy atom. The van der Waals surface area contributed by atoms with E-state index in [4.69, 9.17) is 14.6 Å². The molecule has 0 aromatic carbocycles. The van der Waals surface area contributed by atoms with Gasteiger partial charge in [-0.1, -0.05) is 0 Å². The van der Waals surface area contributed by atoms with Gasteiger partial charge in [0.25, 0.3) is 0 Å². The molecule has 0 aliphatic carbocycles. The number of carbonyl (C=O) groups excluding carboxylic acids is 1. The third kappa shape index (κ3) is 3.85. The van der Waals surface area contributed by atoms with Crippen molar-refractivity contribution in [3.05, 3.63) is 0 Å². The summed E-state index contributed by atoms with van der Waals surface area (Å²) in [5, 5.41) is 9.04. The summed E-state index contributed by atoms with van der Waals surface area (Å²) >= 11 is 0. The van der Waals surface area contributed by atoms with Gasteiger partial charge in [0, 0.05) is 20.3 Å². The fourth-order valence-electron chi connectivity index (χ4n) is 2.12. The van der Waals surface area contributed by atoms with Crippen molar-refractivity contribution in [3.63, 3.8) is 0 Å². The molecule has 1 saturated heterocycles. The second-order valence-corrected chi connectivity index (χ2v) is 5.32. The van der Waals surface area contributed by atoms with Crippen LogP contribution in [0.1, 0.15) is 33.6 Å². The van der Waals surface area contributed by atoms with Crippen LogP contribution >= 0.6 is 0 Å². The Kier molecular flexibility index (Phi) is 4.77. The number of rotatable bonds is 3. The van der Waals surface area contributed by atoms with Gasteiger partial charge in [0.1, 0.15) is 5.60 Å². The molecule has 1 aliphatic heterocycles. The Balaban J connectivity index is 2.66. The van der Waals surface area contributed by atoms with Crippen LogP contribution in [0.25, 0.3) is 0 Å². The van der Waals surface area contributed by atoms with Crippen LogP contribution in [0.3, 0.4) is 0 Å². The van der Waals surface area contributed by atoms with Crippen LogP contribution in [0.2, 0.25) is 0 Å². The normalized spacial score (nSPS) is 25.1. The number of carbonyl (C=O) groups is 1. The maximum atomic E-state index is 12.0. The fourth-order valence-corrected chi connectivity index (χ4v) is 2.12. The van der Waals surface area contributed by atoms with Gasteiger partial charge in [0.05, 0.1) is 12.1 Å². The molecule has 0 saturated carbocycles. The lowest BCUT2D eigenvalue weighted by Crippen LogP contribution is -2.43. The number of amides is 1. The largest absolute Gasteiger partial charge is 0.444 e. The Labute approximate surface area is 103 Å². The highest BCUT2D eigenvalue weighted by atomic mass is 16.6. The molecule has 1 heterocycles. The minimum atomic E-state index is -0.494. The van der Waals surface area contributed by atoms with Crippen molar-refractivity contribution < 1.29 is 19.4 Å². The Hall–Kier alpha value is -0.810. The van der Waals surface area contributed by atoms with Gasteiger partial charge in [-0.2, -0.15) is 0 Å². The van der Waals surface area contributed by atoms with E-state index in [1.165, 1.54) is 0 Å². The molecule has 1 amide bonds. The van der Waals surface area contributed by atoms with E-state index in [0.29, 0.717) is 13.0 Å². The number of methoxy groups -OCH3 is 1. The Morgan fingerprint density at radius 1 is 1.47 bits per heavy atom. The molecule has 5 nitrogen and oxygen atoms in total. The van der Waals surface area contributed by atoms with Crippen molar-refractivity contribution in [2.45, 2.75) is 51.4 Å². The average Bonchev–Trinajstić information content (AvgIpc) is 2.59. The number of hydrogen-bond acceptors (Lipinski definition) is 4. The van der Waals surface area contributed by atoms with Crippen LogP contribution < -0.4 is 0 Å². The number of aliphatic hydroxyl groups excluding tert-OH is 1. The quantitative estimate of drug-likeness (QED) is 0.816. The van der Waals surface area contributed by atoms with Gasteiger partial charge in [-0.15, -0.1) is 0 Å². The molecule has 1 rings (SSSR count). The maximum Gasteiger partial charge on any atom is 0.410 e. The minimum absolute atomic E-state index is 0.00494. The van der Waals surface area contributed by atoms with Crippen molar-refractivity contribution >= 4 is 6.09 Å². The summed E-state index contributed by atoms with van der Waals surface area (Å²) in [5.74, 6) is 0. The van der Waals surface area contributed by atoms with Crippen molar-refractivity contribution in [2.24, 2.45) is 0 Å². The van der Waals surface area contributed by atoms with E-state index in [-0.39, 0.29) is 24.8 Å². The highest BCUT2D eigenvalue weighted by molar-refractivity contribution is 5.69. The Bertz CT molecular complexity index is 262. The van der Waals surface area contributed by atoms with Crippen LogP contribution in [-0.2, 0) is 9.47 Å². The molecule has 1 N–H and O–H groups in total. The first kappa shape index (κ1) is 14.3. The average molecular weight is 245 g/mol. The van der Waals surface area contributed by atoms with Gasteiger partial charge in [-0.05, 0) is 33.6 Å². The van der Waals surface area contributed by atoms with Crippen molar-refractivity contribution in [1.82, 2.24) is 4.90 Å². The van der Waals surface area contributed by atoms with Crippen LogP contribution in [0.5, 0.6) is 0 Å². The standard InChI is InChI=1S/C12H23NO4/c1-12(2,3)17-11(15)13-7-5-10(16-4)9(13)6-8-14/h9-10,14H,5-8H2,1-4H3/t9-,10+/m1/s1. The number of likely N-dealkylation sites (tertiary alicyclic amines) is 1. The fraction of sp³-hybridized carbons (Fsp3) is 0.917. The SMILES string of the molecule is CO[C@H]1CCN(C(=O)OC(C)(C)C)[C@@H]1CCO. The highest BCUT2D eigenvalue weighted by Gasteiger charge is 2.38. The van der Waals surface area contributed by atoms with Gasteiger partial charge >= 0.3 is 6.09 Å². The summed E-state index contributed by atoms with van der Waals surface area (Å²) in [6, 6.07) is -0.0835. The lowest BCUT2D eigenvalue weighted by atomic mass is 10.1. The molecular weight excluding hydrogens is 222 g/mol. The highest BCUT2D eigenvalue weighted by Crippen LogP contribution is 2.25. The zero-order valence-corrected chi connectivity index (χ0v) is 11.1. The van der Waals surface area contributed by atoms with Crippen molar-refractivity contribution in [1.29, 1.82) is 0 Å². The van der Waals surface area contributed by atoms with E-state index in [9.17, 15) is 4.79 Å². The molecule has 1 fully saturated rings.